The Kier molecular flexibility index (Phi) is 4.68. The second-order valence-electron chi connectivity index (χ2n) is 4.61. The van der Waals surface area contributed by atoms with Crippen LogP contribution < -0.4 is 0 Å². The maximum Gasteiger partial charge on any atom is 0.0186 e. The van der Waals surface area contributed by atoms with E-state index in [0.29, 0.717) is 5.41 Å². The van der Waals surface area contributed by atoms with Crippen molar-refractivity contribution in [1.29, 1.82) is 0 Å². The Morgan fingerprint density at radius 2 is 2.06 bits per heavy atom. The molecule has 1 aliphatic carbocycles. The fraction of sp³-hybridized carbons (Fsp3) is 0.538. The monoisotopic (exact) mass is 316 g/mol. The van der Waals surface area contributed by atoms with Gasteiger partial charge in [0, 0.05) is 15.1 Å². The summed E-state index contributed by atoms with van der Waals surface area (Å²) < 4.78 is 1.17. The number of halogens is 1. The van der Waals surface area contributed by atoms with Gasteiger partial charge in [-0.05, 0) is 42.2 Å². The van der Waals surface area contributed by atoms with E-state index < -0.39 is 0 Å². The van der Waals surface area contributed by atoms with Gasteiger partial charge in [-0.15, -0.1) is 11.8 Å². The van der Waals surface area contributed by atoms with Crippen molar-refractivity contribution in [3.8, 4) is 0 Å². The standard InChI is InChI=1S/C13H17BrS2/c14-11-4-3-5-12(8-11)16-10-13(9-15)6-1-2-7-13/h3-5,8,15H,1-2,6-7,9-10H2. The van der Waals surface area contributed by atoms with Gasteiger partial charge in [0.15, 0.2) is 0 Å². The van der Waals surface area contributed by atoms with Crippen molar-refractivity contribution in [3.05, 3.63) is 28.7 Å². The number of hydrogen-bond acceptors (Lipinski definition) is 2. The molecule has 1 fully saturated rings. The molecule has 0 N–H and O–H groups in total. The van der Waals surface area contributed by atoms with Crippen molar-refractivity contribution in [2.45, 2.75) is 30.6 Å². The number of thiol groups is 1. The Morgan fingerprint density at radius 3 is 2.69 bits per heavy atom. The fourth-order valence-corrected chi connectivity index (χ4v) is 4.65. The summed E-state index contributed by atoms with van der Waals surface area (Å²) in [5, 5.41) is 0. The lowest BCUT2D eigenvalue weighted by Gasteiger charge is -2.26. The van der Waals surface area contributed by atoms with E-state index >= 15 is 0 Å². The minimum atomic E-state index is 0.496. The van der Waals surface area contributed by atoms with Crippen molar-refractivity contribution in [3.63, 3.8) is 0 Å². The highest BCUT2D eigenvalue weighted by atomic mass is 79.9. The van der Waals surface area contributed by atoms with Crippen molar-refractivity contribution < 1.29 is 0 Å². The largest absolute Gasteiger partial charge is 0.179 e. The predicted molar refractivity (Wildman–Crippen MR) is 79.6 cm³/mol. The summed E-state index contributed by atoms with van der Waals surface area (Å²) >= 11 is 10.0. The van der Waals surface area contributed by atoms with Gasteiger partial charge in [-0.3, -0.25) is 0 Å². The SMILES string of the molecule is SCC1(CSc2cccc(Br)c2)CCCC1. The average molecular weight is 317 g/mol. The molecular weight excluding hydrogens is 300 g/mol. The minimum absolute atomic E-state index is 0.496. The summed E-state index contributed by atoms with van der Waals surface area (Å²) in [5.74, 6) is 2.25. The smallest absolute Gasteiger partial charge is 0.0186 e. The van der Waals surface area contributed by atoms with Gasteiger partial charge in [-0.2, -0.15) is 12.6 Å². The van der Waals surface area contributed by atoms with Crippen LogP contribution in [0.25, 0.3) is 0 Å². The molecule has 0 spiro atoms. The summed E-state index contributed by atoms with van der Waals surface area (Å²) in [5.41, 5.74) is 0.496. The van der Waals surface area contributed by atoms with Crippen LogP contribution in [0.5, 0.6) is 0 Å². The summed E-state index contributed by atoms with van der Waals surface area (Å²) in [6, 6.07) is 8.57. The molecule has 0 atom stereocenters. The van der Waals surface area contributed by atoms with E-state index in [1.165, 1.54) is 40.8 Å². The second-order valence-corrected chi connectivity index (χ2v) is 6.89. The quantitative estimate of drug-likeness (QED) is 0.600. The van der Waals surface area contributed by atoms with Crippen LogP contribution in [0.15, 0.2) is 33.6 Å². The third-order valence-corrected chi connectivity index (χ3v) is 5.85. The third kappa shape index (κ3) is 3.21. The predicted octanol–water partition coefficient (Wildman–Crippen LogP) is 5.03. The zero-order chi connectivity index (χ0) is 11.4. The van der Waals surface area contributed by atoms with E-state index in [1.54, 1.807) is 0 Å². The highest BCUT2D eigenvalue weighted by molar-refractivity contribution is 9.10. The summed E-state index contributed by atoms with van der Waals surface area (Å²) in [6.45, 7) is 0. The first-order valence-electron chi connectivity index (χ1n) is 5.73. The second kappa shape index (κ2) is 5.83. The molecule has 0 heterocycles. The number of benzene rings is 1. The minimum Gasteiger partial charge on any atom is -0.179 e. The number of thioether (sulfide) groups is 1. The van der Waals surface area contributed by atoms with Crippen LogP contribution in [0.2, 0.25) is 0 Å². The van der Waals surface area contributed by atoms with Gasteiger partial charge in [-0.1, -0.05) is 34.8 Å². The van der Waals surface area contributed by atoms with Gasteiger partial charge < -0.3 is 0 Å². The van der Waals surface area contributed by atoms with E-state index in [-0.39, 0.29) is 0 Å². The van der Waals surface area contributed by atoms with Crippen molar-refractivity contribution >= 4 is 40.3 Å². The number of rotatable bonds is 4. The average Bonchev–Trinajstić information content (AvgIpc) is 2.76. The Morgan fingerprint density at radius 1 is 1.31 bits per heavy atom. The highest BCUT2D eigenvalue weighted by Gasteiger charge is 2.32. The Labute approximate surface area is 116 Å². The van der Waals surface area contributed by atoms with Crippen molar-refractivity contribution in [2.24, 2.45) is 5.41 Å². The first-order chi connectivity index (χ1) is 7.74. The molecule has 0 nitrogen and oxygen atoms in total. The van der Waals surface area contributed by atoms with Crippen LogP contribution in [-0.2, 0) is 0 Å². The van der Waals surface area contributed by atoms with Gasteiger partial charge in [0.1, 0.15) is 0 Å². The van der Waals surface area contributed by atoms with Crippen LogP contribution in [0.4, 0.5) is 0 Å². The molecule has 0 bridgehead atoms. The lowest BCUT2D eigenvalue weighted by molar-refractivity contribution is 0.403. The molecule has 0 amide bonds. The van der Waals surface area contributed by atoms with Crippen LogP contribution in [-0.4, -0.2) is 11.5 Å². The summed E-state index contributed by atoms with van der Waals surface area (Å²) in [4.78, 5) is 1.36. The lowest BCUT2D eigenvalue weighted by atomic mass is 9.91. The number of hydrogen-bond donors (Lipinski definition) is 1. The first-order valence-corrected chi connectivity index (χ1v) is 8.14. The lowest BCUT2D eigenvalue weighted by Crippen LogP contribution is -2.21. The zero-order valence-corrected chi connectivity index (χ0v) is 12.6. The maximum atomic E-state index is 4.55. The van der Waals surface area contributed by atoms with Crippen molar-refractivity contribution in [2.75, 3.05) is 11.5 Å². The molecule has 0 aliphatic heterocycles. The van der Waals surface area contributed by atoms with Crippen LogP contribution in [0, 0.1) is 5.41 Å². The van der Waals surface area contributed by atoms with Crippen LogP contribution >= 0.6 is 40.3 Å². The van der Waals surface area contributed by atoms with Crippen LogP contribution in [0.3, 0.4) is 0 Å². The fourth-order valence-electron chi connectivity index (χ4n) is 2.27. The molecule has 88 valence electrons. The Balaban J connectivity index is 1.95. The van der Waals surface area contributed by atoms with Gasteiger partial charge in [0.2, 0.25) is 0 Å². The normalized spacial score (nSPS) is 18.9. The van der Waals surface area contributed by atoms with E-state index in [9.17, 15) is 0 Å². The molecule has 0 unspecified atom stereocenters. The van der Waals surface area contributed by atoms with Gasteiger partial charge >= 0.3 is 0 Å². The molecule has 0 aromatic heterocycles. The topological polar surface area (TPSA) is 0 Å². The molecule has 1 aromatic carbocycles. The molecular formula is C13H17BrS2. The molecule has 0 radical (unpaired) electrons. The third-order valence-electron chi connectivity index (χ3n) is 3.34. The zero-order valence-electron chi connectivity index (χ0n) is 9.29. The first kappa shape index (κ1) is 12.8. The summed E-state index contributed by atoms with van der Waals surface area (Å²) in [6.07, 6.45) is 5.49. The molecule has 16 heavy (non-hydrogen) atoms. The molecule has 1 aromatic rings. The highest BCUT2D eigenvalue weighted by Crippen LogP contribution is 2.43. The van der Waals surface area contributed by atoms with E-state index in [1.807, 2.05) is 11.8 Å². The Hall–Kier alpha value is 0.400. The van der Waals surface area contributed by atoms with Gasteiger partial charge in [0.25, 0.3) is 0 Å². The molecule has 3 heteroatoms. The van der Waals surface area contributed by atoms with Crippen LogP contribution in [0.1, 0.15) is 25.7 Å². The molecule has 1 aliphatic rings. The van der Waals surface area contributed by atoms with Crippen molar-refractivity contribution in [1.82, 2.24) is 0 Å². The molecule has 0 saturated heterocycles. The van der Waals surface area contributed by atoms with E-state index in [2.05, 4.69) is 52.8 Å². The van der Waals surface area contributed by atoms with E-state index in [4.69, 9.17) is 0 Å². The molecule has 2 rings (SSSR count). The van der Waals surface area contributed by atoms with Gasteiger partial charge in [0.05, 0.1) is 0 Å². The maximum absolute atomic E-state index is 4.55. The van der Waals surface area contributed by atoms with Gasteiger partial charge in [-0.25, -0.2) is 0 Å². The molecule has 1 saturated carbocycles. The van der Waals surface area contributed by atoms with E-state index in [0.717, 1.165) is 5.75 Å². The summed E-state index contributed by atoms with van der Waals surface area (Å²) in [7, 11) is 0. The Bertz CT molecular complexity index is 346.